The topological polar surface area (TPSA) is 305 Å². The van der Waals surface area contributed by atoms with Crippen molar-refractivity contribution in [1.29, 1.82) is 0 Å². The minimum Gasteiger partial charge on any atom is -0.480 e. The number of carboxylic acid groups (broad SMARTS) is 1. The first-order valence-electron chi connectivity index (χ1n) is 11.6. The molecule has 0 bridgehead atoms. The molecule has 0 rings (SSSR count). The zero-order valence-corrected chi connectivity index (χ0v) is 20.4. The van der Waals surface area contributed by atoms with E-state index in [9.17, 15) is 24.3 Å². The van der Waals surface area contributed by atoms with Crippen LogP contribution in [-0.2, 0) is 19.2 Å². The number of hydrogen-bond acceptors (Lipinski definition) is 8. The number of nitrogens with two attached hydrogens (primary N) is 6. The van der Waals surface area contributed by atoms with Crippen molar-refractivity contribution >= 4 is 35.6 Å². The normalized spacial score (nSPS) is 12.9. The Labute approximate surface area is 210 Å². The van der Waals surface area contributed by atoms with Crippen molar-refractivity contribution in [2.75, 3.05) is 26.2 Å². The average molecular weight is 516 g/mol. The van der Waals surface area contributed by atoms with Gasteiger partial charge in [-0.25, -0.2) is 4.79 Å². The largest absolute Gasteiger partial charge is 0.480 e. The van der Waals surface area contributed by atoms with Crippen LogP contribution in [0, 0.1) is 0 Å². The van der Waals surface area contributed by atoms with Crippen LogP contribution >= 0.6 is 0 Å². The van der Waals surface area contributed by atoms with E-state index in [-0.39, 0.29) is 31.3 Å². The fourth-order valence-electron chi connectivity index (χ4n) is 2.99. The standard InChI is InChI=1S/C20H41N11O5/c21-8-2-1-6-13(31-16(33)12(22)5-3-9-27-19(23)24)17(34)29-11-15(32)30-14(18(35)36)7-4-10-28-20(25)26/h12-14H,1-11,21-22H2,(H,29,34)(H,30,32)(H,31,33)(H,35,36)(H4,23,24,27)(H4,25,26,28). The molecule has 16 heteroatoms. The molecule has 206 valence electrons. The third kappa shape index (κ3) is 16.0. The lowest BCUT2D eigenvalue weighted by atomic mass is 10.1. The third-order valence-electron chi connectivity index (χ3n) is 4.89. The molecule has 0 saturated heterocycles. The van der Waals surface area contributed by atoms with Crippen LogP contribution in [0.5, 0.6) is 0 Å². The van der Waals surface area contributed by atoms with Gasteiger partial charge in [-0.15, -0.1) is 0 Å². The van der Waals surface area contributed by atoms with Gasteiger partial charge in [-0.1, -0.05) is 0 Å². The molecule has 0 aromatic rings. The van der Waals surface area contributed by atoms with Gasteiger partial charge in [0, 0.05) is 13.1 Å². The molecule has 0 saturated carbocycles. The molecular weight excluding hydrogens is 474 g/mol. The second-order valence-electron chi connectivity index (χ2n) is 8.03. The van der Waals surface area contributed by atoms with Gasteiger partial charge < -0.3 is 55.5 Å². The molecule has 0 radical (unpaired) electrons. The number of aliphatic imine (C=N–C) groups is 2. The summed E-state index contributed by atoms with van der Waals surface area (Å²) in [6.07, 6.45) is 2.63. The van der Waals surface area contributed by atoms with Gasteiger partial charge in [-0.05, 0) is 51.5 Å². The quantitative estimate of drug-likeness (QED) is 0.0445. The Bertz CT molecular complexity index is 767. The van der Waals surface area contributed by atoms with Crippen molar-refractivity contribution in [3.63, 3.8) is 0 Å². The van der Waals surface area contributed by atoms with E-state index in [1.807, 2.05) is 0 Å². The summed E-state index contributed by atoms with van der Waals surface area (Å²) in [6, 6.07) is -3.02. The monoisotopic (exact) mass is 515 g/mol. The highest BCUT2D eigenvalue weighted by Gasteiger charge is 2.25. The maximum atomic E-state index is 12.7. The number of carbonyl (C=O) groups excluding carboxylic acids is 3. The summed E-state index contributed by atoms with van der Waals surface area (Å²) in [5, 5.41) is 16.6. The second kappa shape index (κ2) is 18.6. The van der Waals surface area contributed by atoms with E-state index in [2.05, 4.69) is 25.9 Å². The molecular formula is C20H41N11O5. The minimum atomic E-state index is -1.24. The average Bonchev–Trinajstić information content (AvgIpc) is 2.80. The summed E-state index contributed by atoms with van der Waals surface area (Å²) < 4.78 is 0. The predicted molar refractivity (Wildman–Crippen MR) is 135 cm³/mol. The van der Waals surface area contributed by atoms with Crippen molar-refractivity contribution in [1.82, 2.24) is 16.0 Å². The van der Waals surface area contributed by atoms with E-state index in [1.54, 1.807) is 0 Å². The molecule has 0 aliphatic carbocycles. The summed E-state index contributed by atoms with van der Waals surface area (Å²) in [7, 11) is 0. The molecule has 16 N–H and O–H groups in total. The van der Waals surface area contributed by atoms with Gasteiger partial charge in [0.2, 0.25) is 17.7 Å². The van der Waals surface area contributed by atoms with Crippen molar-refractivity contribution in [3.8, 4) is 0 Å². The SMILES string of the molecule is NCCCCC(NC(=O)C(N)CCCN=C(N)N)C(=O)NCC(=O)NC(CCCN=C(N)N)C(=O)O. The Morgan fingerprint density at radius 2 is 1.31 bits per heavy atom. The zero-order valence-electron chi connectivity index (χ0n) is 20.4. The molecule has 0 aromatic heterocycles. The van der Waals surface area contributed by atoms with E-state index < -0.39 is 48.4 Å². The molecule has 0 aromatic carbocycles. The van der Waals surface area contributed by atoms with Crippen LogP contribution in [0.2, 0.25) is 0 Å². The van der Waals surface area contributed by atoms with Gasteiger partial charge >= 0.3 is 5.97 Å². The smallest absolute Gasteiger partial charge is 0.326 e. The van der Waals surface area contributed by atoms with Crippen LogP contribution in [0.25, 0.3) is 0 Å². The highest BCUT2D eigenvalue weighted by Crippen LogP contribution is 2.04. The first-order valence-corrected chi connectivity index (χ1v) is 11.6. The molecule has 0 aliphatic heterocycles. The van der Waals surface area contributed by atoms with E-state index in [0.29, 0.717) is 45.2 Å². The Kier molecular flexibility index (Phi) is 16.7. The van der Waals surface area contributed by atoms with Crippen molar-refractivity contribution in [2.24, 2.45) is 44.4 Å². The molecule has 0 aliphatic rings. The summed E-state index contributed by atoms with van der Waals surface area (Å²) in [4.78, 5) is 56.3. The predicted octanol–water partition coefficient (Wildman–Crippen LogP) is -4.28. The van der Waals surface area contributed by atoms with Gasteiger partial charge in [0.25, 0.3) is 0 Å². The summed E-state index contributed by atoms with van der Waals surface area (Å²) in [5.74, 6) is -3.27. The fourth-order valence-corrected chi connectivity index (χ4v) is 2.99. The van der Waals surface area contributed by atoms with Crippen LogP contribution in [0.4, 0.5) is 0 Å². The molecule has 36 heavy (non-hydrogen) atoms. The van der Waals surface area contributed by atoms with Gasteiger partial charge in [0.15, 0.2) is 11.9 Å². The van der Waals surface area contributed by atoms with E-state index in [1.165, 1.54) is 0 Å². The lowest BCUT2D eigenvalue weighted by Crippen LogP contribution is -2.53. The summed E-state index contributed by atoms with van der Waals surface area (Å²) in [5.41, 5.74) is 32.3. The molecule has 0 heterocycles. The number of guanidine groups is 2. The maximum absolute atomic E-state index is 12.7. The van der Waals surface area contributed by atoms with Crippen LogP contribution in [0.3, 0.4) is 0 Å². The number of carbonyl (C=O) groups is 4. The zero-order chi connectivity index (χ0) is 27.5. The fraction of sp³-hybridized carbons (Fsp3) is 0.700. The molecule has 0 fully saturated rings. The second-order valence-corrected chi connectivity index (χ2v) is 8.03. The number of carboxylic acids is 1. The van der Waals surface area contributed by atoms with Crippen molar-refractivity contribution in [2.45, 2.75) is 63.1 Å². The molecule has 3 unspecified atom stereocenters. The Hall–Kier alpha value is -3.66. The lowest BCUT2D eigenvalue weighted by Gasteiger charge is -2.21. The number of hydrogen-bond donors (Lipinski definition) is 10. The number of nitrogens with one attached hydrogen (secondary N) is 3. The van der Waals surface area contributed by atoms with Gasteiger partial charge in [0.1, 0.15) is 12.1 Å². The number of unbranched alkanes of at least 4 members (excludes halogenated alkanes) is 1. The molecule has 3 atom stereocenters. The van der Waals surface area contributed by atoms with Gasteiger partial charge in [-0.3, -0.25) is 24.4 Å². The molecule has 3 amide bonds. The number of amides is 3. The van der Waals surface area contributed by atoms with E-state index >= 15 is 0 Å². The number of aliphatic carboxylic acids is 1. The van der Waals surface area contributed by atoms with E-state index in [4.69, 9.17) is 34.4 Å². The van der Waals surface area contributed by atoms with Gasteiger partial charge in [-0.2, -0.15) is 0 Å². The van der Waals surface area contributed by atoms with Crippen LogP contribution in [0.15, 0.2) is 9.98 Å². The maximum Gasteiger partial charge on any atom is 0.326 e. The Morgan fingerprint density at radius 1 is 0.750 bits per heavy atom. The van der Waals surface area contributed by atoms with Crippen LogP contribution in [-0.4, -0.2) is 85.0 Å². The number of nitrogens with zero attached hydrogens (tertiary/aromatic N) is 2. The first-order chi connectivity index (χ1) is 17.0. The highest BCUT2D eigenvalue weighted by atomic mass is 16.4. The lowest BCUT2D eigenvalue weighted by molar-refractivity contribution is -0.142. The summed E-state index contributed by atoms with van der Waals surface area (Å²) >= 11 is 0. The highest BCUT2D eigenvalue weighted by molar-refractivity contribution is 5.92. The van der Waals surface area contributed by atoms with Gasteiger partial charge in [0.05, 0.1) is 12.6 Å². The first kappa shape index (κ1) is 32.3. The minimum absolute atomic E-state index is 0.0608. The van der Waals surface area contributed by atoms with Crippen LogP contribution in [0.1, 0.15) is 44.9 Å². The van der Waals surface area contributed by atoms with E-state index in [0.717, 1.165) is 0 Å². The molecule has 0 spiro atoms. The van der Waals surface area contributed by atoms with Crippen molar-refractivity contribution in [3.05, 3.63) is 0 Å². The Balaban J connectivity index is 4.83. The van der Waals surface area contributed by atoms with Crippen LogP contribution < -0.4 is 50.4 Å². The van der Waals surface area contributed by atoms with Crippen molar-refractivity contribution < 1.29 is 24.3 Å². The number of rotatable bonds is 19. The molecule has 16 nitrogen and oxygen atoms in total. The Morgan fingerprint density at radius 3 is 1.83 bits per heavy atom. The third-order valence-corrected chi connectivity index (χ3v) is 4.89. The summed E-state index contributed by atoms with van der Waals surface area (Å²) in [6.45, 7) is 0.447.